The number of hydrogen-bond acceptors (Lipinski definition) is 5. The summed E-state index contributed by atoms with van der Waals surface area (Å²) in [5.74, 6) is -0.411. The van der Waals surface area contributed by atoms with Crippen LogP contribution in [0.2, 0.25) is 0 Å². The lowest BCUT2D eigenvalue weighted by atomic mass is 10.1. The Morgan fingerprint density at radius 3 is 2.29 bits per heavy atom. The summed E-state index contributed by atoms with van der Waals surface area (Å²) in [4.78, 5) is 39.9. The third-order valence-corrected chi connectivity index (χ3v) is 7.63. The fourth-order valence-electron chi connectivity index (χ4n) is 3.72. The average molecular weight is 678 g/mol. The molecule has 0 aliphatic carbocycles. The summed E-state index contributed by atoms with van der Waals surface area (Å²) in [6, 6.07) is 30.6. The van der Waals surface area contributed by atoms with E-state index in [0.717, 1.165) is 14.2 Å². The highest BCUT2D eigenvalue weighted by molar-refractivity contribution is 14.1. The van der Waals surface area contributed by atoms with Crippen LogP contribution in [0.5, 0.6) is 5.75 Å². The molecule has 4 rings (SSSR count). The minimum absolute atomic E-state index is 0.0652. The van der Waals surface area contributed by atoms with E-state index in [-0.39, 0.29) is 16.9 Å². The first-order chi connectivity index (χ1) is 19.8. The predicted molar refractivity (Wildman–Crippen MR) is 173 cm³/mol. The first kappa shape index (κ1) is 29.9. The van der Waals surface area contributed by atoms with Crippen molar-refractivity contribution in [1.82, 2.24) is 5.32 Å². The second-order valence-corrected chi connectivity index (χ2v) is 11.6. The summed E-state index contributed by atoms with van der Waals surface area (Å²) in [7, 11) is 1.56. The topological polar surface area (TPSA) is 96.5 Å². The number of thioether (sulfide) groups is 1. The lowest BCUT2D eigenvalue weighted by molar-refractivity contribution is -0.115. The van der Waals surface area contributed by atoms with E-state index in [0.29, 0.717) is 22.6 Å². The minimum atomic E-state index is -0.497. The molecule has 0 fully saturated rings. The van der Waals surface area contributed by atoms with Crippen LogP contribution in [-0.2, 0) is 9.59 Å². The quantitative estimate of drug-likeness (QED) is 0.0973. The van der Waals surface area contributed by atoms with Crippen molar-refractivity contribution < 1.29 is 19.1 Å². The van der Waals surface area contributed by atoms with Crippen LogP contribution in [-0.4, -0.2) is 30.1 Å². The van der Waals surface area contributed by atoms with Gasteiger partial charge in [0.2, 0.25) is 5.91 Å². The Morgan fingerprint density at radius 2 is 1.56 bits per heavy atom. The van der Waals surface area contributed by atoms with Crippen molar-refractivity contribution in [3.63, 3.8) is 0 Å². The van der Waals surface area contributed by atoms with Gasteiger partial charge in [0.1, 0.15) is 11.4 Å². The van der Waals surface area contributed by atoms with Gasteiger partial charge in [0.05, 0.1) is 12.4 Å². The third-order valence-electron chi connectivity index (χ3n) is 5.82. The zero-order chi connectivity index (χ0) is 29.2. The normalized spacial score (nSPS) is 11.7. The molecule has 41 heavy (non-hydrogen) atoms. The Bertz CT molecular complexity index is 1560. The molecule has 0 spiro atoms. The van der Waals surface area contributed by atoms with Crippen LogP contribution in [0.25, 0.3) is 6.08 Å². The molecule has 0 heterocycles. The summed E-state index contributed by atoms with van der Waals surface area (Å²) in [6.45, 7) is 1.83. The van der Waals surface area contributed by atoms with Gasteiger partial charge in [-0.3, -0.25) is 14.4 Å². The van der Waals surface area contributed by atoms with E-state index in [1.807, 2.05) is 49.4 Å². The maximum Gasteiger partial charge on any atom is 0.272 e. The minimum Gasteiger partial charge on any atom is -0.497 e. The Balaban J connectivity index is 1.49. The summed E-state index contributed by atoms with van der Waals surface area (Å²) < 4.78 is 6.38. The fourth-order valence-corrected chi connectivity index (χ4v) is 5.01. The van der Waals surface area contributed by atoms with E-state index >= 15 is 0 Å². The second kappa shape index (κ2) is 14.5. The Kier molecular flexibility index (Phi) is 10.6. The molecule has 4 aromatic rings. The van der Waals surface area contributed by atoms with Crippen molar-refractivity contribution in [2.75, 3.05) is 17.7 Å². The maximum atomic E-state index is 13.4. The van der Waals surface area contributed by atoms with Gasteiger partial charge in [0.25, 0.3) is 11.8 Å². The van der Waals surface area contributed by atoms with Crippen LogP contribution in [0.3, 0.4) is 0 Å². The lowest BCUT2D eigenvalue weighted by Crippen LogP contribution is -2.30. The molecule has 1 atom stereocenters. The Hall–Kier alpha value is -4.09. The van der Waals surface area contributed by atoms with Crippen LogP contribution < -0.4 is 20.7 Å². The van der Waals surface area contributed by atoms with Crippen LogP contribution in [0.1, 0.15) is 22.8 Å². The number of halogens is 1. The average Bonchev–Trinajstić information content (AvgIpc) is 2.98. The van der Waals surface area contributed by atoms with Gasteiger partial charge in [-0.25, -0.2) is 0 Å². The van der Waals surface area contributed by atoms with Crippen molar-refractivity contribution in [2.24, 2.45) is 0 Å². The SMILES string of the molecule is COc1cccc(/C=C(\NC(=O)c2ccccc2)C(=O)Nc2cccc(SC(C)C(=O)Nc3ccc(I)cc3)c2)c1. The van der Waals surface area contributed by atoms with Gasteiger partial charge in [-0.1, -0.05) is 36.4 Å². The van der Waals surface area contributed by atoms with E-state index in [2.05, 4.69) is 38.5 Å². The molecule has 1 unspecified atom stereocenters. The number of anilines is 2. The Morgan fingerprint density at radius 1 is 0.829 bits per heavy atom. The largest absolute Gasteiger partial charge is 0.497 e. The zero-order valence-corrected chi connectivity index (χ0v) is 25.4. The van der Waals surface area contributed by atoms with Crippen LogP contribution >= 0.6 is 34.4 Å². The van der Waals surface area contributed by atoms with E-state index in [1.54, 1.807) is 73.8 Å². The monoisotopic (exact) mass is 677 g/mol. The molecular weight excluding hydrogens is 649 g/mol. The predicted octanol–water partition coefficient (Wildman–Crippen LogP) is 6.83. The third kappa shape index (κ3) is 8.95. The molecule has 3 N–H and O–H groups in total. The zero-order valence-electron chi connectivity index (χ0n) is 22.4. The number of ether oxygens (including phenoxy) is 1. The smallest absolute Gasteiger partial charge is 0.272 e. The molecule has 0 saturated carbocycles. The summed E-state index contributed by atoms with van der Waals surface area (Å²) in [6.07, 6.45) is 1.59. The second-order valence-electron chi connectivity index (χ2n) is 8.89. The number of rotatable bonds is 10. The van der Waals surface area contributed by atoms with Crippen molar-refractivity contribution in [3.05, 3.63) is 124 Å². The van der Waals surface area contributed by atoms with Crippen molar-refractivity contribution >= 4 is 69.5 Å². The van der Waals surface area contributed by atoms with E-state index < -0.39 is 11.8 Å². The highest BCUT2D eigenvalue weighted by atomic mass is 127. The molecule has 0 aliphatic heterocycles. The molecule has 9 heteroatoms. The number of benzene rings is 4. The van der Waals surface area contributed by atoms with Gasteiger partial charge < -0.3 is 20.7 Å². The maximum absolute atomic E-state index is 13.4. The van der Waals surface area contributed by atoms with Gasteiger partial charge in [0.15, 0.2) is 0 Å². The van der Waals surface area contributed by atoms with Gasteiger partial charge in [-0.15, -0.1) is 11.8 Å². The molecule has 0 radical (unpaired) electrons. The van der Waals surface area contributed by atoms with Crippen LogP contribution in [0.15, 0.2) is 114 Å². The number of carbonyl (C=O) groups is 3. The van der Waals surface area contributed by atoms with Crippen molar-refractivity contribution in [3.8, 4) is 5.75 Å². The van der Waals surface area contributed by atoms with Gasteiger partial charge in [0, 0.05) is 25.4 Å². The van der Waals surface area contributed by atoms with E-state index in [4.69, 9.17) is 4.74 Å². The molecule has 0 aromatic heterocycles. The molecule has 4 aromatic carbocycles. The molecule has 3 amide bonds. The first-order valence-corrected chi connectivity index (χ1v) is 14.6. The number of hydrogen-bond donors (Lipinski definition) is 3. The molecule has 0 saturated heterocycles. The number of carbonyl (C=O) groups excluding carboxylic acids is 3. The van der Waals surface area contributed by atoms with Gasteiger partial charge in [-0.2, -0.15) is 0 Å². The first-order valence-electron chi connectivity index (χ1n) is 12.7. The van der Waals surface area contributed by atoms with Crippen molar-refractivity contribution in [2.45, 2.75) is 17.1 Å². The van der Waals surface area contributed by atoms with E-state index in [1.165, 1.54) is 11.8 Å². The molecule has 0 aliphatic rings. The van der Waals surface area contributed by atoms with Crippen LogP contribution in [0, 0.1) is 3.57 Å². The van der Waals surface area contributed by atoms with Gasteiger partial charge in [-0.05, 0) is 108 Å². The highest BCUT2D eigenvalue weighted by Crippen LogP contribution is 2.27. The van der Waals surface area contributed by atoms with Gasteiger partial charge >= 0.3 is 0 Å². The summed E-state index contributed by atoms with van der Waals surface area (Å²) in [5.41, 5.74) is 2.43. The number of nitrogens with one attached hydrogen (secondary N) is 3. The number of amides is 3. The highest BCUT2D eigenvalue weighted by Gasteiger charge is 2.17. The van der Waals surface area contributed by atoms with Crippen LogP contribution in [0.4, 0.5) is 11.4 Å². The summed E-state index contributed by atoms with van der Waals surface area (Å²) >= 11 is 3.59. The Labute approximate surface area is 256 Å². The molecule has 208 valence electrons. The molecule has 7 nitrogen and oxygen atoms in total. The molecular formula is C32H28IN3O4S. The van der Waals surface area contributed by atoms with Crippen molar-refractivity contribution in [1.29, 1.82) is 0 Å². The fraction of sp³-hybridized carbons (Fsp3) is 0.0938. The standard InChI is InChI=1S/C32H28IN3O4S/c1-21(30(37)34-25-16-14-24(33)15-17-25)41-28-13-7-11-26(20-28)35-32(39)29(19-22-8-6-12-27(18-22)40-2)36-31(38)23-9-4-3-5-10-23/h3-21H,1-2H3,(H,34,37)(H,35,39)(H,36,38)/b29-19-. The summed E-state index contributed by atoms with van der Waals surface area (Å²) in [5, 5.41) is 8.15. The van der Waals surface area contributed by atoms with E-state index in [9.17, 15) is 14.4 Å². The lowest BCUT2D eigenvalue weighted by Gasteiger charge is -2.14. The number of methoxy groups -OCH3 is 1. The molecule has 0 bridgehead atoms.